The summed E-state index contributed by atoms with van der Waals surface area (Å²) in [4.78, 5) is 44.4. The average Bonchev–Trinajstić information content (AvgIpc) is 3.00. The molecule has 0 amide bonds. The summed E-state index contributed by atoms with van der Waals surface area (Å²) in [7, 11) is -4.72. The van der Waals surface area contributed by atoms with Crippen LogP contribution in [0.15, 0.2) is 35.3 Å². The molecule has 0 saturated carbocycles. The lowest BCUT2D eigenvalue weighted by Crippen LogP contribution is -2.29. The average molecular weight is 411 g/mol. The lowest BCUT2D eigenvalue weighted by molar-refractivity contribution is -0.0449. The Bertz CT molecular complexity index is 971. The molecular weight excluding hydrogens is 393 g/mol. The number of aliphatic hydroxyl groups is 1. The number of hydrogen-bond acceptors (Lipinski definition) is 8. The largest absolute Gasteiger partial charge is 0.469 e. The van der Waals surface area contributed by atoms with E-state index < -0.39 is 38.6 Å². The van der Waals surface area contributed by atoms with Crippen LogP contribution in [0.25, 0.3) is 11.1 Å². The highest BCUT2D eigenvalue weighted by Crippen LogP contribution is 2.38. The fourth-order valence-corrected chi connectivity index (χ4v) is 3.20. The third kappa shape index (κ3) is 4.53. The lowest BCUT2D eigenvalue weighted by Gasteiger charge is -2.17. The molecule has 0 radical (unpaired) electrons. The number of aromatic nitrogens is 2. The van der Waals surface area contributed by atoms with Gasteiger partial charge in [0.2, 0.25) is 0 Å². The number of nitrogen functional groups attached to an aromatic ring is 1. The molecule has 1 aromatic carbocycles. The number of nitrogens with two attached hydrogens (primary N) is 1. The molecular formula is C16H18N3O8P. The normalized spacial score (nSPS) is 22.3. The molecule has 0 bridgehead atoms. The highest BCUT2D eigenvalue weighted by atomic mass is 31.2. The zero-order chi connectivity index (χ0) is 20.5. The summed E-state index contributed by atoms with van der Waals surface area (Å²) in [5.74, 6) is -0.0139. The maximum Gasteiger partial charge on any atom is 0.469 e. The van der Waals surface area contributed by atoms with Crippen LogP contribution in [-0.2, 0) is 13.8 Å². The third-order valence-electron chi connectivity index (χ3n) is 4.26. The van der Waals surface area contributed by atoms with Crippen LogP contribution < -0.4 is 11.4 Å². The summed E-state index contributed by atoms with van der Waals surface area (Å²) in [6, 6.07) is 6.46. The number of carbonyl (C=O) groups excluding carboxylic acids is 1. The van der Waals surface area contributed by atoms with Crippen molar-refractivity contribution in [1.29, 1.82) is 0 Å². The molecule has 0 aliphatic carbocycles. The first-order valence-corrected chi connectivity index (χ1v) is 9.69. The molecule has 1 fully saturated rings. The zero-order valence-corrected chi connectivity index (χ0v) is 15.3. The summed E-state index contributed by atoms with van der Waals surface area (Å²) in [6.07, 6.45) is -0.948. The van der Waals surface area contributed by atoms with Gasteiger partial charge in [-0.2, -0.15) is 4.98 Å². The summed E-state index contributed by atoms with van der Waals surface area (Å²) < 4.78 is 21.8. The van der Waals surface area contributed by atoms with Gasteiger partial charge in [-0.05, 0) is 5.56 Å². The molecule has 1 aliphatic heterocycles. The minimum atomic E-state index is -4.72. The second-order valence-electron chi connectivity index (χ2n) is 6.19. The van der Waals surface area contributed by atoms with Gasteiger partial charge in [0, 0.05) is 23.7 Å². The minimum Gasteiger partial charge on any atom is -0.390 e. The molecule has 1 aromatic heterocycles. The van der Waals surface area contributed by atoms with E-state index in [1.165, 1.54) is 6.20 Å². The van der Waals surface area contributed by atoms with Gasteiger partial charge in [-0.25, -0.2) is 9.36 Å². The van der Waals surface area contributed by atoms with Gasteiger partial charge in [-0.1, -0.05) is 24.3 Å². The van der Waals surface area contributed by atoms with E-state index in [0.717, 1.165) is 4.57 Å². The van der Waals surface area contributed by atoms with Crippen LogP contribution in [0.3, 0.4) is 0 Å². The van der Waals surface area contributed by atoms with Gasteiger partial charge in [0.05, 0.1) is 12.7 Å². The first-order chi connectivity index (χ1) is 13.2. The van der Waals surface area contributed by atoms with E-state index in [1.54, 1.807) is 24.3 Å². The van der Waals surface area contributed by atoms with Crippen molar-refractivity contribution in [2.75, 3.05) is 12.3 Å². The molecule has 3 atom stereocenters. The van der Waals surface area contributed by atoms with Gasteiger partial charge < -0.3 is 25.4 Å². The van der Waals surface area contributed by atoms with Crippen LogP contribution in [0.5, 0.6) is 0 Å². The van der Waals surface area contributed by atoms with Crippen LogP contribution >= 0.6 is 7.82 Å². The number of anilines is 1. The third-order valence-corrected chi connectivity index (χ3v) is 4.75. The summed E-state index contributed by atoms with van der Waals surface area (Å²) in [6.45, 7) is -0.543. The predicted octanol–water partition coefficient (Wildman–Crippen LogP) is 0.0627. The molecule has 12 heteroatoms. The van der Waals surface area contributed by atoms with Crippen molar-refractivity contribution in [2.24, 2.45) is 0 Å². The van der Waals surface area contributed by atoms with Crippen molar-refractivity contribution < 1.29 is 33.5 Å². The number of phosphoric acid groups is 1. The van der Waals surface area contributed by atoms with E-state index in [0.29, 0.717) is 23.0 Å². The standard InChI is InChI=1S/C16H18N3O8P/c17-15-11(10-3-1-9(7-20)2-4-10)6-19(16(22)18-15)14-5-12(21)13(27-14)8-26-28(23,24)25/h1-4,6-7,12-14,21H,5,8H2,(H2,17,18,22)(H2,23,24,25)/t12-,13+,14+/m0/s1. The maximum atomic E-state index is 12.2. The Balaban J connectivity index is 1.87. The van der Waals surface area contributed by atoms with Gasteiger partial charge >= 0.3 is 13.5 Å². The van der Waals surface area contributed by atoms with Gasteiger partial charge in [0.25, 0.3) is 0 Å². The number of hydrogen-bond donors (Lipinski definition) is 4. The lowest BCUT2D eigenvalue weighted by atomic mass is 10.1. The highest BCUT2D eigenvalue weighted by molar-refractivity contribution is 7.46. The minimum absolute atomic E-state index is 0.00971. The fraction of sp³-hybridized carbons (Fsp3) is 0.312. The van der Waals surface area contributed by atoms with E-state index in [9.17, 15) is 19.3 Å². The molecule has 11 nitrogen and oxygen atoms in total. The molecule has 5 N–H and O–H groups in total. The van der Waals surface area contributed by atoms with Crippen molar-refractivity contribution in [3.05, 3.63) is 46.5 Å². The molecule has 1 aliphatic rings. The van der Waals surface area contributed by atoms with Crippen LogP contribution in [-0.4, -0.2) is 49.5 Å². The quantitative estimate of drug-likeness (QED) is 0.376. The molecule has 2 heterocycles. The zero-order valence-electron chi connectivity index (χ0n) is 14.4. The number of ether oxygens (including phenoxy) is 1. The predicted molar refractivity (Wildman–Crippen MR) is 96.3 cm³/mol. The Morgan fingerprint density at radius 3 is 2.64 bits per heavy atom. The van der Waals surface area contributed by atoms with Crippen LogP contribution in [0.2, 0.25) is 0 Å². The molecule has 0 unspecified atom stereocenters. The SMILES string of the molecule is Nc1nc(=O)n([C@H]2C[C@H](O)[C@@H](COP(=O)(O)O)O2)cc1-c1ccc(C=O)cc1. The Morgan fingerprint density at radius 2 is 2.04 bits per heavy atom. The summed E-state index contributed by atoms with van der Waals surface area (Å²) >= 11 is 0. The first kappa shape index (κ1) is 20.3. The van der Waals surface area contributed by atoms with Gasteiger partial charge in [0.15, 0.2) is 0 Å². The molecule has 2 aromatic rings. The highest BCUT2D eigenvalue weighted by Gasteiger charge is 2.37. The molecule has 150 valence electrons. The number of phosphoric ester groups is 1. The number of rotatable bonds is 6. The second-order valence-corrected chi connectivity index (χ2v) is 7.43. The molecule has 0 spiro atoms. The van der Waals surface area contributed by atoms with E-state index in [1.807, 2.05) is 0 Å². The van der Waals surface area contributed by atoms with E-state index in [2.05, 4.69) is 9.51 Å². The van der Waals surface area contributed by atoms with Crippen LogP contribution in [0, 0.1) is 0 Å². The fourth-order valence-electron chi connectivity index (χ4n) is 2.86. The number of carbonyl (C=O) groups is 1. The Hall–Kier alpha value is -2.40. The number of aldehydes is 1. The smallest absolute Gasteiger partial charge is 0.390 e. The summed E-state index contributed by atoms with van der Waals surface area (Å²) in [5.41, 5.74) is 6.65. The van der Waals surface area contributed by atoms with Crippen molar-refractivity contribution in [3.8, 4) is 11.1 Å². The van der Waals surface area contributed by atoms with Crippen LogP contribution in [0.1, 0.15) is 23.0 Å². The van der Waals surface area contributed by atoms with Gasteiger partial charge in [0.1, 0.15) is 24.4 Å². The summed E-state index contributed by atoms with van der Waals surface area (Å²) in [5, 5.41) is 10.1. The Labute approximate surface area is 158 Å². The van der Waals surface area contributed by atoms with Gasteiger partial charge in [-0.15, -0.1) is 0 Å². The molecule has 1 saturated heterocycles. The first-order valence-electron chi connectivity index (χ1n) is 8.16. The maximum absolute atomic E-state index is 12.2. The van der Waals surface area contributed by atoms with Crippen molar-refractivity contribution in [2.45, 2.75) is 24.9 Å². The number of benzene rings is 1. The second kappa shape index (κ2) is 7.92. The van der Waals surface area contributed by atoms with E-state index >= 15 is 0 Å². The van der Waals surface area contributed by atoms with Crippen molar-refractivity contribution >= 4 is 19.9 Å². The number of aliphatic hydroxyl groups excluding tert-OH is 1. The topological polar surface area (TPSA) is 174 Å². The van der Waals surface area contributed by atoms with E-state index in [-0.39, 0.29) is 12.2 Å². The Kier molecular flexibility index (Phi) is 5.75. The van der Waals surface area contributed by atoms with Crippen molar-refractivity contribution in [3.63, 3.8) is 0 Å². The monoisotopic (exact) mass is 411 g/mol. The number of nitrogens with zero attached hydrogens (tertiary/aromatic N) is 2. The Morgan fingerprint density at radius 1 is 1.36 bits per heavy atom. The molecule has 3 rings (SSSR count). The van der Waals surface area contributed by atoms with Crippen LogP contribution in [0.4, 0.5) is 5.82 Å². The van der Waals surface area contributed by atoms with Crippen molar-refractivity contribution in [1.82, 2.24) is 9.55 Å². The van der Waals surface area contributed by atoms with Gasteiger partial charge in [-0.3, -0.25) is 13.9 Å². The molecule has 28 heavy (non-hydrogen) atoms. The van der Waals surface area contributed by atoms with E-state index in [4.69, 9.17) is 20.3 Å².